The summed E-state index contributed by atoms with van der Waals surface area (Å²) in [5, 5.41) is 11.4. The van der Waals surface area contributed by atoms with E-state index < -0.39 is 11.9 Å². The summed E-state index contributed by atoms with van der Waals surface area (Å²) in [6.07, 6.45) is 0.421. The summed E-state index contributed by atoms with van der Waals surface area (Å²) in [7, 11) is 0. The average Bonchev–Trinajstić information content (AvgIpc) is 2.66. The number of carbonyl (C=O) groups is 2. The van der Waals surface area contributed by atoms with Crippen LogP contribution in [0.3, 0.4) is 0 Å². The summed E-state index contributed by atoms with van der Waals surface area (Å²) in [5.41, 5.74) is 3.60. The molecule has 138 valence electrons. The number of hydrogen-bond acceptors (Lipinski definition) is 5. The Hall–Kier alpha value is -2.77. The highest BCUT2D eigenvalue weighted by molar-refractivity contribution is 5.83. The molecule has 0 aliphatic rings. The summed E-state index contributed by atoms with van der Waals surface area (Å²) in [6.45, 7) is -0.220. The van der Waals surface area contributed by atoms with Gasteiger partial charge in [-0.25, -0.2) is 9.87 Å². The molecule has 0 bridgehead atoms. The molecule has 0 saturated carbocycles. The lowest BCUT2D eigenvalue weighted by Crippen LogP contribution is -2.40. The van der Waals surface area contributed by atoms with Crippen molar-refractivity contribution in [3.8, 4) is 0 Å². The van der Waals surface area contributed by atoms with Crippen LogP contribution in [0.1, 0.15) is 11.1 Å². The Morgan fingerprint density at radius 3 is 2.38 bits per heavy atom. The van der Waals surface area contributed by atoms with Crippen molar-refractivity contribution < 1.29 is 23.9 Å². The standard InChI is InChI=1S/C19H21FN2O4/c20-17-8-6-15(7-9-17)13-26-18(23)12-21-19(24)16(11-22-25)10-14-4-2-1-3-5-14/h1-9,16,22,25H,10-13H2,(H,21,24). The molecule has 1 atom stereocenters. The predicted molar refractivity (Wildman–Crippen MR) is 92.6 cm³/mol. The van der Waals surface area contributed by atoms with Crippen LogP contribution in [0.2, 0.25) is 0 Å². The smallest absolute Gasteiger partial charge is 0.325 e. The van der Waals surface area contributed by atoms with E-state index in [1.807, 2.05) is 35.8 Å². The Labute approximate surface area is 150 Å². The predicted octanol–water partition coefficient (Wildman–Crippen LogP) is 1.82. The number of ether oxygens (including phenoxy) is 1. The lowest BCUT2D eigenvalue weighted by atomic mass is 9.98. The zero-order chi connectivity index (χ0) is 18.8. The molecular formula is C19H21FN2O4. The van der Waals surface area contributed by atoms with Crippen molar-refractivity contribution in [2.75, 3.05) is 13.1 Å². The summed E-state index contributed by atoms with van der Waals surface area (Å²) in [6, 6.07) is 15.0. The summed E-state index contributed by atoms with van der Waals surface area (Å²) < 4.78 is 17.8. The summed E-state index contributed by atoms with van der Waals surface area (Å²) in [5.74, 6) is -1.87. The minimum Gasteiger partial charge on any atom is -0.460 e. The van der Waals surface area contributed by atoms with Crippen molar-refractivity contribution in [1.82, 2.24) is 10.8 Å². The Kier molecular flexibility index (Phi) is 7.73. The van der Waals surface area contributed by atoms with Gasteiger partial charge in [-0.15, -0.1) is 0 Å². The van der Waals surface area contributed by atoms with Gasteiger partial charge in [0.25, 0.3) is 0 Å². The van der Waals surface area contributed by atoms with Gasteiger partial charge in [-0.05, 0) is 29.7 Å². The molecule has 0 aliphatic heterocycles. The van der Waals surface area contributed by atoms with Crippen molar-refractivity contribution >= 4 is 11.9 Å². The first-order valence-corrected chi connectivity index (χ1v) is 8.17. The minimum atomic E-state index is -0.599. The Balaban J connectivity index is 1.78. The maximum Gasteiger partial charge on any atom is 0.325 e. The van der Waals surface area contributed by atoms with E-state index in [0.717, 1.165) is 5.56 Å². The molecule has 1 amide bonds. The molecule has 0 saturated heterocycles. The van der Waals surface area contributed by atoms with Gasteiger partial charge in [-0.1, -0.05) is 42.5 Å². The number of hydroxylamine groups is 1. The molecule has 1 unspecified atom stereocenters. The topological polar surface area (TPSA) is 87.7 Å². The van der Waals surface area contributed by atoms with Crippen molar-refractivity contribution in [2.24, 2.45) is 5.92 Å². The number of benzene rings is 2. The molecule has 2 rings (SSSR count). The molecule has 26 heavy (non-hydrogen) atoms. The van der Waals surface area contributed by atoms with Gasteiger partial charge in [0.05, 0.1) is 5.92 Å². The lowest BCUT2D eigenvalue weighted by molar-refractivity contribution is -0.145. The Morgan fingerprint density at radius 2 is 1.73 bits per heavy atom. The highest BCUT2D eigenvalue weighted by Crippen LogP contribution is 2.09. The van der Waals surface area contributed by atoms with Crippen molar-refractivity contribution in [1.29, 1.82) is 0 Å². The highest BCUT2D eigenvalue weighted by atomic mass is 19.1. The monoisotopic (exact) mass is 360 g/mol. The molecule has 0 fully saturated rings. The maximum atomic E-state index is 12.8. The van der Waals surface area contributed by atoms with Crippen LogP contribution in [-0.4, -0.2) is 30.2 Å². The van der Waals surface area contributed by atoms with E-state index in [1.54, 1.807) is 0 Å². The quantitative estimate of drug-likeness (QED) is 0.469. The van der Waals surface area contributed by atoms with Crippen LogP contribution in [0.15, 0.2) is 54.6 Å². The number of hydrogen-bond donors (Lipinski definition) is 3. The van der Waals surface area contributed by atoms with Gasteiger partial charge in [-0.3, -0.25) is 9.59 Å². The fourth-order valence-electron chi connectivity index (χ4n) is 2.37. The van der Waals surface area contributed by atoms with Gasteiger partial charge in [-0.2, -0.15) is 0 Å². The number of halogens is 1. The Bertz CT molecular complexity index is 707. The Morgan fingerprint density at radius 1 is 1.04 bits per heavy atom. The summed E-state index contributed by atoms with van der Waals surface area (Å²) in [4.78, 5) is 24.0. The van der Waals surface area contributed by atoms with E-state index >= 15 is 0 Å². The first-order valence-electron chi connectivity index (χ1n) is 8.17. The normalized spacial score (nSPS) is 11.6. The SMILES string of the molecule is O=C(CNC(=O)C(CNO)Cc1ccccc1)OCc1ccc(F)cc1. The molecule has 0 spiro atoms. The van der Waals surface area contributed by atoms with E-state index in [2.05, 4.69) is 5.32 Å². The largest absolute Gasteiger partial charge is 0.460 e. The van der Waals surface area contributed by atoms with Gasteiger partial charge in [0, 0.05) is 6.54 Å². The van der Waals surface area contributed by atoms with Crippen LogP contribution in [0, 0.1) is 11.7 Å². The van der Waals surface area contributed by atoms with E-state index in [-0.39, 0.29) is 31.4 Å². The number of amides is 1. The third-order valence-corrected chi connectivity index (χ3v) is 3.75. The fourth-order valence-corrected chi connectivity index (χ4v) is 2.37. The third kappa shape index (κ3) is 6.62. The molecule has 2 aromatic rings. The fraction of sp³-hybridized carbons (Fsp3) is 0.263. The minimum absolute atomic E-state index is 0.000618. The number of nitrogens with one attached hydrogen (secondary N) is 2. The van der Waals surface area contributed by atoms with Crippen LogP contribution in [0.5, 0.6) is 0 Å². The van der Waals surface area contributed by atoms with Crippen LogP contribution >= 0.6 is 0 Å². The number of esters is 1. The zero-order valence-electron chi connectivity index (χ0n) is 14.2. The van der Waals surface area contributed by atoms with E-state index in [4.69, 9.17) is 9.94 Å². The average molecular weight is 360 g/mol. The number of carbonyl (C=O) groups excluding carboxylic acids is 2. The van der Waals surface area contributed by atoms with Gasteiger partial charge >= 0.3 is 5.97 Å². The van der Waals surface area contributed by atoms with Gasteiger partial charge in [0.15, 0.2) is 0 Å². The molecule has 0 radical (unpaired) electrons. The van der Waals surface area contributed by atoms with Crippen molar-refractivity contribution in [3.05, 3.63) is 71.5 Å². The van der Waals surface area contributed by atoms with Gasteiger partial charge in [0.2, 0.25) is 5.91 Å². The van der Waals surface area contributed by atoms with Gasteiger partial charge < -0.3 is 15.3 Å². The van der Waals surface area contributed by atoms with Crippen molar-refractivity contribution in [2.45, 2.75) is 13.0 Å². The zero-order valence-corrected chi connectivity index (χ0v) is 14.2. The second kappa shape index (κ2) is 10.3. The molecule has 7 heteroatoms. The second-order valence-corrected chi connectivity index (χ2v) is 5.75. The van der Waals surface area contributed by atoms with E-state index in [1.165, 1.54) is 24.3 Å². The van der Waals surface area contributed by atoms with Crippen LogP contribution in [0.4, 0.5) is 4.39 Å². The maximum absolute atomic E-state index is 12.8. The highest BCUT2D eigenvalue weighted by Gasteiger charge is 2.19. The second-order valence-electron chi connectivity index (χ2n) is 5.75. The molecule has 2 aromatic carbocycles. The molecular weight excluding hydrogens is 339 g/mol. The lowest BCUT2D eigenvalue weighted by Gasteiger charge is -2.16. The molecule has 0 heterocycles. The van der Waals surface area contributed by atoms with E-state index in [0.29, 0.717) is 12.0 Å². The molecule has 6 nitrogen and oxygen atoms in total. The van der Waals surface area contributed by atoms with Crippen LogP contribution < -0.4 is 10.8 Å². The van der Waals surface area contributed by atoms with Crippen LogP contribution in [0.25, 0.3) is 0 Å². The van der Waals surface area contributed by atoms with Crippen LogP contribution in [-0.2, 0) is 27.4 Å². The van der Waals surface area contributed by atoms with Crippen molar-refractivity contribution in [3.63, 3.8) is 0 Å². The first-order chi connectivity index (χ1) is 12.6. The number of rotatable bonds is 9. The third-order valence-electron chi connectivity index (χ3n) is 3.75. The molecule has 0 aromatic heterocycles. The first kappa shape index (κ1) is 19.6. The molecule has 0 aliphatic carbocycles. The van der Waals surface area contributed by atoms with E-state index in [9.17, 15) is 14.0 Å². The molecule has 3 N–H and O–H groups in total. The summed E-state index contributed by atoms with van der Waals surface area (Å²) >= 11 is 0. The van der Waals surface area contributed by atoms with Gasteiger partial charge in [0.1, 0.15) is 19.0 Å².